The van der Waals surface area contributed by atoms with Gasteiger partial charge in [0.25, 0.3) is 20.3 Å². The summed E-state index contributed by atoms with van der Waals surface area (Å²) in [6.45, 7) is 11.0. The smallest absolute Gasteiger partial charge is 0.264 e. The number of ether oxygens (including phenoxy) is 3. The predicted molar refractivity (Wildman–Crippen MR) is 151 cm³/mol. The molecule has 2 atom stereocenters. The van der Waals surface area contributed by atoms with Gasteiger partial charge in [0.15, 0.2) is 0 Å². The molecule has 1 saturated heterocycles. The van der Waals surface area contributed by atoms with E-state index in [4.69, 9.17) is 18.7 Å². The zero-order valence-corrected chi connectivity index (χ0v) is 25.0. The first-order chi connectivity index (χ1) is 19.6. The Hall–Kier alpha value is -2.51. The van der Waals surface area contributed by atoms with Gasteiger partial charge in [-0.15, -0.1) is 0 Å². The molecule has 1 aromatic carbocycles. The van der Waals surface area contributed by atoms with Crippen LogP contribution >= 0.6 is 8.53 Å². The Morgan fingerprint density at radius 1 is 0.951 bits per heavy atom. The largest absolute Gasteiger partial charge is 0.382 e. The molecule has 3 rings (SSSR count). The van der Waals surface area contributed by atoms with Crippen LogP contribution in [0.3, 0.4) is 0 Å². The normalized spacial score (nSPS) is 18.0. The molecule has 0 aliphatic carbocycles. The average molecular weight is 597 g/mol. The van der Waals surface area contributed by atoms with Gasteiger partial charge in [-0.1, -0.05) is 6.07 Å². The molecule has 4 amide bonds. The van der Waals surface area contributed by atoms with Gasteiger partial charge < -0.3 is 28.9 Å². The van der Waals surface area contributed by atoms with E-state index in [0.29, 0.717) is 58.5 Å². The highest BCUT2D eigenvalue weighted by Crippen LogP contribution is 2.40. The van der Waals surface area contributed by atoms with Crippen molar-refractivity contribution in [2.45, 2.75) is 58.7 Å². The lowest BCUT2D eigenvalue weighted by molar-refractivity contribution is -0.136. The number of piperidine rings is 1. The first-order valence-electron chi connectivity index (χ1n) is 13.8. The highest BCUT2D eigenvalue weighted by molar-refractivity contribution is 7.43. The second-order valence-electron chi connectivity index (χ2n) is 10.1. The van der Waals surface area contributed by atoms with Crippen LogP contribution in [0.4, 0.5) is 5.69 Å². The minimum atomic E-state index is -1.65. The van der Waals surface area contributed by atoms with Crippen molar-refractivity contribution >= 4 is 37.8 Å². The number of imide groups is 2. The van der Waals surface area contributed by atoms with Crippen LogP contribution in [0.1, 0.15) is 61.3 Å². The third-order valence-corrected chi connectivity index (χ3v) is 8.20. The Bertz CT molecular complexity index is 1060. The number of fused-ring (bicyclic) bond motifs is 1. The lowest BCUT2D eigenvalue weighted by Crippen LogP contribution is -2.54. The van der Waals surface area contributed by atoms with Crippen LogP contribution in [-0.2, 0) is 28.3 Å². The van der Waals surface area contributed by atoms with Gasteiger partial charge in [0.1, 0.15) is 6.04 Å². The lowest BCUT2D eigenvalue weighted by Gasteiger charge is -2.32. The van der Waals surface area contributed by atoms with Crippen LogP contribution in [0.2, 0.25) is 0 Å². The van der Waals surface area contributed by atoms with Gasteiger partial charge in [-0.05, 0) is 46.2 Å². The summed E-state index contributed by atoms with van der Waals surface area (Å²) in [7, 11) is -1.65. The van der Waals surface area contributed by atoms with Crippen molar-refractivity contribution in [3.05, 3.63) is 29.3 Å². The molecule has 14 heteroatoms. The first-order valence-corrected chi connectivity index (χ1v) is 15.0. The Balaban J connectivity index is 1.27. The van der Waals surface area contributed by atoms with E-state index in [1.54, 1.807) is 18.2 Å². The monoisotopic (exact) mass is 596 g/mol. The number of nitrogens with one attached hydrogen (secondary N) is 2. The Labute approximate surface area is 241 Å². The molecule has 0 saturated carbocycles. The lowest BCUT2D eigenvalue weighted by atomic mass is 10.0. The summed E-state index contributed by atoms with van der Waals surface area (Å²) in [6, 6.07) is 4.27. The van der Waals surface area contributed by atoms with Crippen molar-refractivity contribution in [3.63, 3.8) is 0 Å². The van der Waals surface area contributed by atoms with E-state index in [2.05, 4.69) is 10.6 Å². The van der Waals surface area contributed by atoms with Gasteiger partial charge in [-0.25, -0.2) is 4.67 Å². The van der Waals surface area contributed by atoms with E-state index in [0.717, 1.165) is 4.90 Å². The molecule has 41 heavy (non-hydrogen) atoms. The summed E-state index contributed by atoms with van der Waals surface area (Å²) in [5.74, 6) is -2.16. The summed E-state index contributed by atoms with van der Waals surface area (Å²) in [5, 5.41) is 5.32. The molecule has 2 unspecified atom stereocenters. The van der Waals surface area contributed by atoms with Gasteiger partial charge in [0, 0.05) is 30.7 Å². The van der Waals surface area contributed by atoms with Crippen molar-refractivity contribution in [2.75, 3.05) is 58.1 Å². The molecule has 13 nitrogen and oxygen atoms in total. The topological polar surface area (TPSA) is 156 Å². The number of carbonyl (C=O) groups is 4. The van der Waals surface area contributed by atoms with Crippen molar-refractivity contribution in [3.8, 4) is 0 Å². The number of amides is 4. The summed E-state index contributed by atoms with van der Waals surface area (Å²) in [6.07, 6.45) is 0.176. The predicted octanol–water partition coefficient (Wildman–Crippen LogP) is 1.90. The third-order valence-electron chi connectivity index (χ3n) is 6.46. The van der Waals surface area contributed by atoms with Crippen LogP contribution in [0, 0.1) is 0 Å². The van der Waals surface area contributed by atoms with E-state index in [9.17, 15) is 24.1 Å². The van der Waals surface area contributed by atoms with Gasteiger partial charge in [0.2, 0.25) is 11.8 Å². The van der Waals surface area contributed by atoms with E-state index < -0.39 is 38.2 Å². The van der Waals surface area contributed by atoms with Crippen molar-refractivity contribution in [2.24, 2.45) is 0 Å². The van der Waals surface area contributed by atoms with Crippen molar-refractivity contribution < 1.29 is 42.8 Å². The number of carbonyl (C=O) groups excluding carboxylic acids is 4. The van der Waals surface area contributed by atoms with Gasteiger partial charge in [-0.3, -0.25) is 29.4 Å². The maximum Gasteiger partial charge on any atom is 0.264 e. The molecule has 1 fully saturated rings. The Kier molecular flexibility index (Phi) is 13.0. The van der Waals surface area contributed by atoms with Crippen LogP contribution in [0.25, 0.3) is 0 Å². The molecule has 228 valence electrons. The fourth-order valence-electron chi connectivity index (χ4n) is 4.70. The van der Waals surface area contributed by atoms with E-state index in [-0.39, 0.29) is 36.1 Å². The first kappa shape index (κ1) is 33.0. The van der Waals surface area contributed by atoms with Gasteiger partial charge >= 0.3 is 0 Å². The highest BCUT2D eigenvalue weighted by atomic mass is 31.2. The summed E-state index contributed by atoms with van der Waals surface area (Å²) in [4.78, 5) is 60.9. The number of rotatable bonds is 18. The molecule has 1 aromatic rings. The number of hydrogen-bond donors (Lipinski definition) is 3. The third kappa shape index (κ3) is 8.99. The highest BCUT2D eigenvalue weighted by Gasteiger charge is 2.45. The fourth-order valence-corrected chi connectivity index (χ4v) is 5.86. The molecule has 2 heterocycles. The van der Waals surface area contributed by atoms with Crippen LogP contribution in [0.15, 0.2) is 18.2 Å². The van der Waals surface area contributed by atoms with Crippen LogP contribution < -0.4 is 10.6 Å². The molecule has 0 aromatic heterocycles. The summed E-state index contributed by atoms with van der Waals surface area (Å²) in [5.41, 5.74) is 0.910. The number of hydrogen-bond acceptors (Lipinski definition) is 11. The Morgan fingerprint density at radius 3 is 2.17 bits per heavy atom. The molecule has 0 spiro atoms. The van der Waals surface area contributed by atoms with E-state index >= 15 is 0 Å². The zero-order chi connectivity index (χ0) is 29.9. The number of nitrogens with zero attached hydrogens (tertiary/aromatic N) is 2. The van der Waals surface area contributed by atoms with Gasteiger partial charge in [0.05, 0.1) is 57.4 Å². The second-order valence-corrected chi connectivity index (χ2v) is 11.3. The maximum atomic E-state index is 13.1. The molecule has 0 bridgehead atoms. The quantitative estimate of drug-likeness (QED) is 0.129. The maximum absolute atomic E-state index is 13.1. The molecule has 2 aliphatic rings. The zero-order valence-electron chi connectivity index (χ0n) is 24.1. The second kappa shape index (κ2) is 16.2. The minimum absolute atomic E-state index is 0.0691. The van der Waals surface area contributed by atoms with Crippen molar-refractivity contribution in [1.82, 2.24) is 14.9 Å². The summed E-state index contributed by atoms with van der Waals surface area (Å²) >= 11 is 0. The molecule has 0 radical (unpaired) electrons. The molecular formula is C27H41N4O9P. The molecule has 3 N–H and O–H groups in total. The van der Waals surface area contributed by atoms with Crippen LogP contribution in [0.5, 0.6) is 0 Å². The van der Waals surface area contributed by atoms with Crippen molar-refractivity contribution in [1.29, 1.82) is 0 Å². The fraction of sp³-hybridized carbons (Fsp3) is 0.630. The molecular weight excluding hydrogens is 555 g/mol. The SMILES string of the molecule is CC(C)N(C(C)C)P(O)OCCOCCOCCOCCNc1cccc2c1C(=O)N(C1CCC(=O)NC1=O)C2=O. The average Bonchev–Trinajstić information content (AvgIpc) is 3.16. The number of anilines is 1. The van der Waals surface area contributed by atoms with Gasteiger partial charge in [-0.2, -0.15) is 0 Å². The van der Waals surface area contributed by atoms with E-state index in [1.165, 1.54) is 0 Å². The molecule has 2 aliphatic heterocycles. The Morgan fingerprint density at radius 2 is 1.56 bits per heavy atom. The van der Waals surface area contributed by atoms with Crippen LogP contribution in [-0.4, -0.2) is 109 Å². The summed E-state index contributed by atoms with van der Waals surface area (Å²) < 4.78 is 24.0. The number of benzene rings is 1. The minimum Gasteiger partial charge on any atom is -0.382 e. The van der Waals surface area contributed by atoms with E-state index in [1.807, 2.05) is 32.4 Å². The standard InChI is InChI=1S/C27H41N4O9P/c1-18(2)31(19(3)4)41(36)40-17-16-39-15-14-38-13-12-37-11-10-28-21-7-5-6-20-24(21)27(35)30(26(20)34)22-8-9-23(32)29-25(22)33/h5-7,18-19,22,28,36H,8-17H2,1-4H3,(H,29,32,33).